The van der Waals surface area contributed by atoms with Crippen LogP contribution in [0.5, 0.6) is 0 Å². The fraction of sp³-hybridized carbons (Fsp3) is 0.562. The molecule has 2 aromatic rings. The molecule has 1 amide bonds. The van der Waals surface area contributed by atoms with E-state index in [9.17, 15) is 4.79 Å². The van der Waals surface area contributed by atoms with Gasteiger partial charge in [-0.3, -0.25) is 9.48 Å². The number of nitrogens with one attached hydrogen (secondary N) is 1. The molecule has 0 spiro atoms. The first-order valence-electron chi connectivity index (χ1n) is 7.75. The summed E-state index contributed by atoms with van der Waals surface area (Å²) in [5, 5.41) is 7.52. The van der Waals surface area contributed by atoms with Crippen molar-refractivity contribution in [3.63, 3.8) is 0 Å². The summed E-state index contributed by atoms with van der Waals surface area (Å²) in [4.78, 5) is 16.8. The highest BCUT2D eigenvalue weighted by Crippen LogP contribution is 2.16. The summed E-state index contributed by atoms with van der Waals surface area (Å²) in [5.41, 5.74) is 4.08. The number of rotatable bonds is 3. The summed E-state index contributed by atoms with van der Waals surface area (Å²) in [6.07, 6.45) is 4.33. The van der Waals surface area contributed by atoms with Gasteiger partial charge in [-0.05, 0) is 27.2 Å². The van der Waals surface area contributed by atoms with E-state index in [-0.39, 0.29) is 11.9 Å². The monoisotopic (exact) mass is 301 g/mol. The molecular formula is C16H23N5O. The summed E-state index contributed by atoms with van der Waals surface area (Å²) in [6, 6.07) is 0.186. The highest BCUT2D eigenvalue weighted by atomic mass is 16.1. The predicted molar refractivity (Wildman–Crippen MR) is 83.6 cm³/mol. The Kier molecular flexibility index (Phi) is 3.76. The third-order valence-electron chi connectivity index (χ3n) is 4.47. The molecule has 0 fully saturated rings. The van der Waals surface area contributed by atoms with Gasteiger partial charge in [0.1, 0.15) is 5.82 Å². The molecule has 0 saturated carbocycles. The Balaban J connectivity index is 1.63. The van der Waals surface area contributed by atoms with Gasteiger partial charge >= 0.3 is 0 Å². The van der Waals surface area contributed by atoms with Crippen LogP contribution in [0.25, 0.3) is 0 Å². The second kappa shape index (κ2) is 5.59. The number of amides is 1. The molecular weight excluding hydrogens is 278 g/mol. The molecule has 3 rings (SSSR count). The minimum absolute atomic E-state index is 0.0736. The summed E-state index contributed by atoms with van der Waals surface area (Å²) in [7, 11) is 1.91. The van der Waals surface area contributed by atoms with Crippen LogP contribution >= 0.6 is 0 Å². The minimum atomic E-state index is 0.0736. The van der Waals surface area contributed by atoms with Gasteiger partial charge in [0.2, 0.25) is 5.91 Å². The minimum Gasteiger partial charge on any atom is -0.351 e. The molecule has 1 atom stereocenters. The lowest BCUT2D eigenvalue weighted by molar-refractivity contribution is -0.121. The maximum Gasteiger partial charge on any atom is 0.224 e. The third-order valence-corrected chi connectivity index (χ3v) is 4.47. The highest BCUT2D eigenvalue weighted by molar-refractivity contribution is 5.79. The van der Waals surface area contributed by atoms with E-state index in [0.717, 1.165) is 47.9 Å². The molecule has 0 aromatic carbocycles. The Bertz CT molecular complexity index is 712. The van der Waals surface area contributed by atoms with Crippen molar-refractivity contribution in [2.24, 2.45) is 7.05 Å². The number of carbonyl (C=O) groups is 1. The average Bonchev–Trinajstić information content (AvgIpc) is 2.92. The third kappa shape index (κ3) is 2.77. The van der Waals surface area contributed by atoms with Crippen molar-refractivity contribution >= 4 is 5.91 Å². The molecule has 0 aliphatic carbocycles. The number of carbonyl (C=O) groups excluding carboxylic acids is 1. The van der Waals surface area contributed by atoms with Crippen LogP contribution < -0.4 is 5.32 Å². The predicted octanol–water partition coefficient (Wildman–Crippen LogP) is 1.22. The highest BCUT2D eigenvalue weighted by Gasteiger charge is 2.22. The van der Waals surface area contributed by atoms with E-state index in [1.54, 1.807) is 0 Å². The fourth-order valence-corrected chi connectivity index (χ4v) is 3.22. The smallest absolute Gasteiger partial charge is 0.224 e. The first-order chi connectivity index (χ1) is 10.4. The lowest BCUT2D eigenvalue weighted by Gasteiger charge is -2.24. The topological polar surface area (TPSA) is 64.7 Å². The Hall–Kier alpha value is -2.11. The lowest BCUT2D eigenvalue weighted by Crippen LogP contribution is -2.41. The fourth-order valence-electron chi connectivity index (χ4n) is 3.22. The maximum atomic E-state index is 12.3. The standard InChI is InChI=1S/C16H23N5O/c1-10-8-21-9-13(5-6-15(21)17-10)18-16(22)7-14-11(2)19-20(4)12(14)3/h8,13H,5-7,9H2,1-4H3,(H,18,22). The van der Waals surface area contributed by atoms with Crippen molar-refractivity contribution in [1.82, 2.24) is 24.6 Å². The maximum absolute atomic E-state index is 12.3. The number of fused-ring (bicyclic) bond motifs is 1. The van der Waals surface area contributed by atoms with Gasteiger partial charge in [0, 0.05) is 43.5 Å². The quantitative estimate of drug-likeness (QED) is 0.927. The molecule has 1 N–H and O–H groups in total. The Labute approximate surface area is 130 Å². The first kappa shape index (κ1) is 14.8. The van der Waals surface area contributed by atoms with Crippen LogP contribution in [-0.2, 0) is 31.2 Å². The molecule has 1 unspecified atom stereocenters. The van der Waals surface area contributed by atoms with Gasteiger partial charge < -0.3 is 9.88 Å². The lowest BCUT2D eigenvalue weighted by atomic mass is 10.1. The molecule has 0 saturated heterocycles. The van der Waals surface area contributed by atoms with Crippen LogP contribution in [0.1, 0.15) is 34.9 Å². The Morgan fingerprint density at radius 2 is 2.18 bits per heavy atom. The van der Waals surface area contributed by atoms with Crippen molar-refractivity contribution in [3.8, 4) is 0 Å². The zero-order valence-electron chi connectivity index (χ0n) is 13.7. The number of nitrogens with zero attached hydrogens (tertiary/aromatic N) is 4. The summed E-state index contributed by atoms with van der Waals surface area (Å²) in [6.45, 7) is 6.78. The second-order valence-electron chi connectivity index (χ2n) is 6.20. The van der Waals surface area contributed by atoms with E-state index < -0.39 is 0 Å². The second-order valence-corrected chi connectivity index (χ2v) is 6.20. The van der Waals surface area contributed by atoms with Crippen molar-refractivity contribution in [2.75, 3.05) is 0 Å². The zero-order chi connectivity index (χ0) is 15.9. The van der Waals surface area contributed by atoms with E-state index in [1.807, 2.05) is 32.5 Å². The van der Waals surface area contributed by atoms with E-state index in [2.05, 4.69) is 26.2 Å². The number of aromatic nitrogens is 4. The molecule has 1 aliphatic heterocycles. The van der Waals surface area contributed by atoms with Gasteiger partial charge in [-0.1, -0.05) is 0 Å². The van der Waals surface area contributed by atoms with Gasteiger partial charge in [0.05, 0.1) is 17.8 Å². The van der Waals surface area contributed by atoms with Crippen molar-refractivity contribution in [2.45, 2.75) is 52.6 Å². The van der Waals surface area contributed by atoms with Crippen molar-refractivity contribution < 1.29 is 4.79 Å². The molecule has 2 aromatic heterocycles. The normalized spacial score (nSPS) is 17.4. The van der Waals surface area contributed by atoms with E-state index in [0.29, 0.717) is 6.42 Å². The molecule has 6 nitrogen and oxygen atoms in total. The number of hydrogen-bond acceptors (Lipinski definition) is 3. The van der Waals surface area contributed by atoms with Gasteiger partial charge in [-0.2, -0.15) is 5.10 Å². The van der Waals surface area contributed by atoms with Gasteiger partial charge in [-0.15, -0.1) is 0 Å². The van der Waals surface area contributed by atoms with E-state index in [4.69, 9.17) is 0 Å². The molecule has 22 heavy (non-hydrogen) atoms. The Morgan fingerprint density at radius 1 is 1.41 bits per heavy atom. The summed E-state index contributed by atoms with van der Waals surface area (Å²) < 4.78 is 3.99. The number of aryl methyl sites for hydroxylation is 4. The zero-order valence-corrected chi connectivity index (χ0v) is 13.7. The van der Waals surface area contributed by atoms with Gasteiger partial charge in [-0.25, -0.2) is 4.98 Å². The largest absolute Gasteiger partial charge is 0.351 e. The molecule has 0 radical (unpaired) electrons. The molecule has 0 bridgehead atoms. The van der Waals surface area contributed by atoms with Crippen LogP contribution in [0, 0.1) is 20.8 Å². The molecule has 3 heterocycles. The van der Waals surface area contributed by atoms with Gasteiger partial charge in [0.15, 0.2) is 0 Å². The van der Waals surface area contributed by atoms with Crippen LogP contribution in [0.3, 0.4) is 0 Å². The molecule has 1 aliphatic rings. The number of hydrogen-bond donors (Lipinski definition) is 1. The van der Waals surface area contributed by atoms with Crippen molar-refractivity contribution in [1.29, 1.82) is 0 Å². The molecule has 6 heteroatoms. The average molecular weight is 301 g/mol. The van der Waals surface area contributed by atoms with Crippen molar-refractivity contribution in [3.05, 3.63) is 34.7 Å². The van der Waals surface area contributed by atoms with E-state index in [1.165, 1.54) is 0 Å². The molecule has 118 valence electrons. The number of imidazole rings is 1. The van der Waals surface area contributed by atoms with Crippen LogP contribution in [0.15, 0.2) is 6.20 Å². The van der Waals surface area contributed by atoms with E-state index >= 15 is 0 Å². The van der Waals surface area contributed by atoms with Gasteiger partial charge in [0.25, 0.3) is 0 Å². The van der Waals surface area contributed by atoms with Crippen LogP contribution in [0.4, 0.5) is 0 Å². The SMILES string of the molecule is Cc1cn2c(n1)CCC(NC(=O)Cc1c(C)nn(C)c1C)C2. The first-order valence-corrected chi connectivity index (χ1v) is 7.75. The van der Waals surface area contributed by atoms with Crippen LogP contribution in [-0.4, -0.2) is 31.3 Å². The summed E-state index contributed by atoms with van der Waals surface area (Å²) in [5.74, 6) is 1.20. The summed E-state index contributed by atoms with van der Waals surface area (Å²) >= 11 is 0. The van der Waals surface area contributed by atoms with Crippen LogP contribution in [0.2, 0.25) is 0 Å². The Morgan fingerprint density at radius 3 is 2.86 bits per heavy atom.